The first-order chi connectivity index (χ1) is 61.0. The van der Waals surface area contributed by atoms with Gasteiger partial charge < -0.3 is 0 Å². The third kappa shape index (κ3) is 8.12. The third-order valence-electron chi connectivity index (χ3n) is 28.6. The van der Waals surface area contributed by atoms with E-state index in [9.17, 15) is 0 Å². The molecule has 29 rings (SSSR count). The summed E-state index contributed by atoms with van der Waals surface area (Å²) in [4.78, 5) is 22.2. The molecule has 5 aliphatic carbocycles. The second kappa shape index (κ2) is 23.6. The maximum absolute atomic E-state index is 5.85. The molecular formula is C115H66N8. The summed E-state index contributed by atoms with van der Waals surface area (Å²) >= 11 is 0. The lowest BCUT2D eigenvalue weighted by Gasteiger charge is -2.49. The van der Waals surface area contributed by atoms with E-state index in [1.807, 2.05) is 0 Å². The normalized spacial score (nSPS) is 15.0. The van der Waals surface area contributed by atoms with Gasteiger partial charge in [0.15, 0.2) is 0 Å². The Morgan fingerprint density at radius 1 is 0.171 bits per heavy atom. The van der Waals surface area contributed by atoms with Gasteiger partial charge in [0.2, 0.25) is 11.9 Å². The van der Waals surface area contributed by atoms with Gasteiger partial charge in [0.05, 0.1) is 71.4 Å². The molecule has 566 valence electrons. The molecule has 18 aromatic carbocycles. The van der Waals surface area contributed by atoms with Crippen LogP contribution in [0.3, 0.4) is 0 Å². The minimum atomic E-state index is -0.619. The minimum Gasteiger partial charge on any atom is -0.279 e. The van der Waals surface area contributed by atoms with E-state index in [1.54, 1.807) is 0 Å². The van der Waals surface area contributed by atoms with Crippen LogP contribution in [-0.4, -0.2) is 37.9 Å². The largest absolute Gasteiger partial charge is 0.279 e. The smallest absolute Gasteiger partial charge is 0.221 e. The zero-order valence-electron chi connectivity index (χ0n) is 66.2. The quantitative estimate of drug-likeness (QED) is 0.172. The Morgan fingerprint density at radius 2 is 0.496 bits per heavy atom. The van der Waals surface area contributed by atoms with Crippen molar-refractivity contribution in [1.82, 2.24) is 37.9 Å². The fraction of sp³-hybridized carbons (Fsp3) is 0.0261. The van der Waals surface area contributed by atoms with Gasteiger partial charge in [-0.05, 0) is 242 Å². The highest BCUT2D eigenvalue weighted by molar-refractivity contribution is 6.14. The number of para-hydroxylation sites is 7. The Morgan fingerprint density at radius 3 is 1.05 bits per heavy atom. The topological polar surface area (TPSA) is 70.2 Å². The molecule has 8 nitrogen and oxygen atoms in total. The van der Waals surface area contributed by atoms with E-state index >= 15 is 0 Å². The van der Waals surface area contributed by atoms with E-state index in [0.717, 1.165) is 138 Å². The van der Waals surface area contributed by atoms with Crippen molar-refractivity contribution in [2.24, 2.45) is 0 Å². The zero-order valence-corrected chi connectivity index (χ0v) is 66.2. The molecule has 0 radical (unpaired) electrons. The molecule has 3 spiro atoms. The molecule has 6 heterocycles. The average molecular weight is 1560 g/mol. The SMILES string of the molecule is c1ccc2c(c1)-c1ccccc1C21c2ccccc2C2(c3ccccc3-c3ccccc32)c2cc(-c3ccc4c(c3)c3ccccc3n4-c3nc4ccc(-c5ccc6c(c5)-c5ccccc5C65c6ccccc6-c6c(-c7ccc8c(c7)c7ccccc7n8-c7nc8ccccc8c8nc9ccccc9n78)cccc65)cc4c4nc5ccccc5n34)ccc21. The molecule has 6 aromatic heterocycles. The summed E-state index contributed by atoms with van der Waals surface area (Å²) in [6.45, 7) is 0. The number of benzene rings is 18. The van der Waals surface area contributed by atoms with E-state index < -0.39 is 16.2 Å². The Hall–Kier alpha value is -16.2. The highest BCUT2D eigenvalue weighted by Crippen LogP contribution is 2.69. The van der Waals surface area contributed by atoms with Gasteiger partial charge in [0.25, 0.3) is 0 Å². The first-order valence-electron chi connectivity index (χ1n) is 42.6. The van der Waals surface area contributed by atoms with E-state index in [-0.39, 0.29) is 0 Å². The number of rotatable bonds is 5. The van der Waals surface area contributed by atoms with Crippen molar-refractivity contribution in [3.63, 3.8) is 0 Å². The Balaban J connectivity index is 0.572. The van der Waals surface area contributed by atoms with Crippen LogP contribution in [-0.2, 0) is 16.2 Å². The van der Waals surface area contributed by atoms with E-state index in [2.05, 4.69) is 418 Å². The van der Waals surface area contributed by atoms with Crippen molar-refractivity contribution < 1.29 is 0 Å². The van der Waals surface area contributed by atoms with Gasteiger partial charge in [-0.15, -0.1) is 0 Å². The van der Waals surface area contributed by atoms with E-state index in [4.69, 9.17) is 19.9 Å². The van der Waals surface area contributed by atoms with Gasteiger partial charge in [-0.2, -0.15) is 0 Å². The summed E-state index contributed by atoms with van der Waals surface area (Å²) in [5, 5.41) is 6.60. The molecule has 1 unspecified atom stereocenters. The van der Waals surface area contributed by atoms with Crippen molar-refractivity contribution in [3.05, 3.63) is 467 Å². The standard InChI is InChI=1S/C115H66N8/c1-10-36-86-73(26-1)74-27-2-11-37-87(74)114(86)93-42-16-17-43-94(93)115(88-38-12-3-28-75(88)76-29-4-13-39-89(76)115)97-66-70(53-58-95(97)114)69-55-60-104-83(63-69)78-31-8-21-48-102(78)120(104)112-119-99-59-54-68(64-85(99)110-117-101-47-20-24-51-107(101)123(110)112)67-52-57-92-82(62-67)77-30-5-14-40-90(77)113(92)91-41-15-6-33-80(91)108-72(35-25-44-96(108)113)71-56-61-105-84(65-71)79-32-9-22-49-103(79)121(105)111-118-98-45-18-7-34-81(98)109-116-100-46-19-23-50-106(100)122(109)111/h1-66H. The van der Waals surface area contributed by atoms with Crippen molar-refractivity contribution in [3.8, 4) is 89.8 Å². The Kier molecular flexibility index (Phi) is 12.7. The molecule has 24 aromatic rings. The molecule has 123 heavy (non-hydrogen) atoms. The van der Waals surface area contributed by atoms with Crippen LogP contribution < -0.4 is 0 Å². The van der Waals surface area contributed by atoms with Crippen LogP contribution in [0, 0.1) is 0 Å². The first-order valence-corrected chi connectivity index (χ1v) is 42.6. The highest BCUT2D eigenvalue weighted by Gasteiger charge is 2.59. The molecule has 0 saturated carbocycles. The van der Waals surface area contributed by atoms with Crippen molar-refractivity contribution in [1.29, 1.82) is 0 Å². The number of fused-ring (bicyclic) bond motifs is 42. The third-order valence-corrected chi connectivity index (χ3v) is 28.6. The number of nitrogens with zero attached hydrogens (tertiary/aromatic N) is 8. The second-order valence-electron chi connectivity index (χ2n) is 34.1. The van der Waals surface area contributed by atoms with Gasteiger partial charge in [-0.3, -0.25) is 17.9 Å². The van der Waals surface area contributed by atoms with Crippen LogP contribution in [0.5, 0.6) is 0 Å². The van der Waals surface area contributed by atoms with E-state index in [1.165, 1.54) is 117 Å². The van der Waals surface area contributed by atoms with Crippen LogP contribution in [0.4, 0.5) is 0 Å². The molecule has 0 fully saturated rings. The fourth-order valence-electron chi connectivity index (χ4n) is 23.9. The average Bonchev–Trinajstić information content (AvgIpc) is 1.51. The lowest BCUT2D eigenvalue weighted by Crippen LogP contribution is -2.43. The Bertz CT molecular complexity index is 8860. The fourth-order valence-corrected chi connectivity index (χ4v) is 23.9. The molecule has 0 N–H and O–H groups in total. The van der Waals surface area contributed by atoms with Crippen LogP contribution >= 0.6 is 0 Å². The van der Waals surface area contributed by atoms with Gasteiger partial charge in [0.1, 0.15) is 11.3 Å². The zero-order chi connectivity index (χ0) is 79.9. The molecule has 1 atom stereocenters. The maximum Gasteiger partial charge on any atom is 0.221 e. The molecule has 0 saturated heterocycles. The summed E-state index contributed by atoms with van der Waals surface area (Å²) in [6, 6.07) is 150. The molecule has 0 amide bonds. The lowest BCUT2D eigenvalue weighted by atomic mass is 9.52. The lowest BCUT2D eigenvalue weighted by molar-refractivity contribution is 0.633. The number of aromatic nitrogens is 8. The van der Waals surface area contributed by atoms with Crippen LogP contribution in [0.2, 0.25) is 0 Å². The number of hydrogen-bond acceptors (Lipinski definition) is 4. The predicted octanol–water partition coefficient (Wildman–Crippen LogP) is 27.0. The summed E-state index contributed by atoms with van der Waals surface area (Å²) in [7, 11) is 0. The predicted molar refractivity (Wildman–Crippen MR) is 499 cm³/mol. The van der Waals surface area contributed by atoms with Crippen molar-refractivity contribution >= 4 is 98.8 Å². The van der Waals surface area contributed by atoms with Gasteiger partial charge in [0, 0.05) is 32.3 Å². The monoisotopic (exact) mass is 1560 g/mol. The van der Waals surface area contributed by atoms with Gasteiger partial charge >= 0.3 is 0 Å². The number of hydrogen-bond donors (Lipinski definition) is 0. The van der Waals surface area contributed by atoms with Gasteiger partial charge in [-0.1, -0.05) is 303 Å². The molecular weight excluding hydrogens is 1490 g/mol. The van der Waals surface area contributed by atoms with E-state index in [0.29, 0.717) is 0 Å². The molecule has 5 aliphatic rings. The molecule has 0 aliphatic heterocycles. The molecule has 8 heteroatoms. The Labute approximate surface area is 705 Å². The van der Waals surface area contributed by atoms with Gasteiger partial charge in [-0.25, -0.2) is 19.9 Å². The maximum atomic E-state index is 5.85. The van der Waals surface area contributed by atoms with Crippen LogP contribution in [0.25, 0.3) is 189 Å². The first kappa shape index (κ1) is 65.8. The number of imidazole rings is 2. The summed E-state index contributed by atoms with van der Waals surface area (Å²) in [6.07, 6.45) is 0. The van der Waals surface area contributed by atoms with Crippen molar-refractivity contribution in [2.75, 3.05) is 0 Å². The summed E-state index contributed by atoms with van der Waals surface area (Å²) in [5.41, 5.74) is 42.6. The minimum absolute atomic E-state index is 0.578. The van der Waals surface area contributed by atoms with Crippen molar-refractivity contribution in [2.45, 2.75) is 16.2 Å². The summed E-state index contributed by atoms with van der Waals surface area (Å²) in [5.74, 6) is 1.58. The van der Waals surface area contributed by atoms with Crippen LogP contribution in [0.15, 0.2) is 400 Å². The summed E-state index contributed by atoms with van der Waals surface area (Å²) < 4.78 is 9.27. The second-order valence-corrected chi connectivity index (χ2v) is 34.1. The van der Waals surface area contributed by atoms with Crippen LogP contribution in [0.1, 0.15) is 66.8 Å². The molecule has 0 bridgehead atoms. The highest BCUT2D eigenvalue weighted by atomic mass is 15.2.